The predicted molar refractivity (Wildman–Crippen MR) is 103 cm³/mol. The van der Waals surface area contributed by atoms with Crippen LogP contribution in [-0.4, -0.2) is 69.7 Å². The highest BCUT2D eigenvalue weighted by Gasteiger charge is 2.47. The molecule has 3 heterocycles. The number of hydrogen-bond donors (Lipinski definition) is 7. The normalized spacial score (nSPS) is 26.9. The third kappa shape index (κ3) is 6.38. The molecule has 1 fully saturated rings. The van der Waals surface area contributed by atoms with Crippen molar-refractivity contribution in [2.45, 2.75) is 31.3 Å². The lowest BCUT2D eigenvalue weighted by Gasteiger charge is -2.19. The largest absolute Gasteiger partial charge is 0.490 e. The second-order valence-electron chi connectivity index (χ2n) is 6.87. The number of nitrogens with one attached hydrogen (secondary N) is 1. The first-order valence-corrected chi connectivity index (χ1v) is 13.4. The van der Waals surface area contributed by atoms with Crippen LogP contribution in [0.5, 0.6) is 0 Å². The number of pyridine rings is 1. The molecule has 3 rings (SSSR count). The van der Waals surface area contributed by atoms with E-state index in [1.54, 1.807) is 0 Å². The zero-order valence-corrected chi connectivity index (χ0v) is 19.3. The summed E-state index contributed by atoms with van der Waals surface area (Å²) < 4.78 is 64.3. The minimum atomic E-state index is -5.77. The number of ether oxygens (including phenoxy) is 1. The number of aliphatic hydroxyl groups excluding tert-OH is 2. The lowest BCUT2D eigenvalue weighted by atomic mass is 10.0. The van der Waals surface area contributed by atoms with Gasteiger partial charge in [0.15, 0.2) is 5.82 Å². The summed E-state index contributed by atoms with van der Waals surface area (Å²) >= 11 is 0. The van der Waals surface area contributed by atoms with Gasteiger partial charge in [-0.2, -0.15) is 18.0 Å². The first-order valence-electron chi connectivity index (χ1n) is 8.85. The molecular formula is C13H17FN3O14P3. The van der Waals surface area contributed by atoms with Gasteiger partial charge >= 0.3 is 23.5 Å². The summed E-state index contributed by atoms with van der Waals surface area (Å²) in [6, 6.07) is 1.05. The van der Waals surface area contributed by atoms with Gasteiger partial charge in [-0.3, -0.25) is 9.32 Å². The van der Waals surface area contributed by atoms with Gasteiger partial charge in [-0.25, -0.2) is 18.7 Å². The van der Waals surface area contributed by atoms with E-state index >= 15 is 0 Å². The van der Waals surface area contributed by atoms with Gasteiger partial charge in [0.1, 0.15) is 30.1 Å². The van der Waals surface area contributed by atoms with E-state index in [4.69, 9.17) is 19.4 Å². The zero-order chi connectivity index (χ0) is 25.6. The molecule has 0 aromatic rings. The number of phosphoric ester groups is 1. The van der Waals surface area contributed by atoms with Gasteiger partial charge in [-0.15, -0.1) is 0 Å². The maximum Gasteiger partial charge on any atom is 0.490 e. The number of aromatic amines is 1. The fraction of sp³-hybridized carbons (Fsp3) is 0.462. The molecule has 0 bridgehead atoms. The minimum Gasteiger partial charge on any atom is -0.387 e. The van der Waals surface area contributed by atoms with Crippen LogP contribution in [0.25, 0.3) is 11.5 Å². The van der Waals surface area contributed by atoms with Crippen molar-refractivity contribution < 1.29 is 65.8 Å². The fourth-order valence-electron chi connectivity index (χ4n) is 2.91. The Kier molecular flexibility index (Phi) is 7.59. The van der Waals surface area contributed by atoms with Gasteiger partial charge in [0.05, 0.1) is 17.9 Å². The van der Waals surface area contributed by atoms with Crippen molar-refractivity contribution in [2.24, 2.45) is 0 Å². The van der Waals surface area contributed by atoms with Crippen molar-refractivity contribution in [1.82, 2.24) is 15.0 Å². The SMILES string of the molecule is Cc1[nH]c2nc(=O)c([C@@H]3O[C@H](COP(=O)(O)OP(=O)(O)OP(=O)(O)O)C(O)[C@@H]3O)cc-2nc1F. The molecule has 7 N–H and O–H groups in total. The van der Waals surface area contributed by atoms with Crippen LogP contribution in [0.1, 0.15) is 17.4 Å². The van der Waals surface area contributed by atoms with E-state index in [2.05, 4.69) is 28.1 Å². The summed E-state index contributed by atoms with van der Waals surface area (Å²) in [5.74, 6) is -0.953. The molecule has 21 heteroatoms. The number of halogens is 1. The van der Waals surface area contributed by atoms with Crippen molar-refractivity contribution in [2.75, 3.05) is 6.61 Å². The number of aryl methyl sites for hydroxylation is 1. The monoisotopic (exact) mass is 551 g/mol. The number of rotatable bonds is 8. The Balaban J connectivity index is 1.75. The second kappa shape index (κ2) is 9.52. The summed E-state index contributed by atoms with van der Waals surface area (Å²) in [7, 11) is -16.9. The summed E-state index contributed by atoms with van der Waals surface area (Å²) in [6.07, 6.45) is -6.82. The van der Waals surface area contributed by atoms with E-state index in [0.717, 1.165) is 6.07 Å². The summed E-state index contributed by atoms with van der Waals surface area (Å²) in [5, 5.41) is 20.4. The molecular weight excluding hydrogens is 534 g/mol. The van der Waals surface area contributed by atoms with Crippen molar-refractivity contribution in [3.8, 4) is 11.5 Å². The minimum absolute atomic E-state index is 0.00575. The van der Waals surface area contributed by atoms with Crippen molar-refractivity contribution >= 4 is 23.5 Å². The molecule has 0 spiro atoms. The molecule has 190 valence electrons. The molecule has 3 aliphatic rings. The summed E-state index contributed by atoms with van der Waals surface area (Å²) in [4.78, 5) is 57.8. The van der Waals surface area contributed by atoms with Crippen LogP contribution in [0.3, 0.4) is 0 Å². The van der Waals surface area contributed by atoms with Crippen molar-refractivity contribution in [3.05, 3.63) is 33.6 Å². The van der Waals surface area contributed by atoms with E-state index < -0.39 is 66.0 Å². The molecule has 6 atom stereocenters. The van der Waals surface area contributed by atoms with E-state index in [1.165, 1.54) is 6.92 Å². The Hall–Kier alpha value is -1.49. The number of aliphatic hydroxyl groups is 2. The Morgan fingerprint density at radius 3 is 2.35 bits per heavy atom. The van der Waals surface area contributed by atoms with E-state index in [9.17, 15) is 38.0 Å². The lowest BCUT2D eigenvalue weighted by molar-refractivity contribution is -0.0226. The topological polar surface area (TPSA) is 268 Å². The average Bonchev–Trinajstić information content (AvgIpc) is 2.93. The number of aromatic nitrogens is 3. The lowest BCUT2D eigenvalue weighted by Crippen LogP contribution is -2.33. The molecule has 0 aliphatic carbocycles. The quantitative estimate of drug-likeness (QED) is 0.198. The molecule has 17 nitrogen and oxygen atoms in total. The smallest absolute Gasteiger partial charge is 0.387 e. The molecule has 0 aromatic heterocycles. The summed E-state index contributed by atoms with van der Waals surface area (Å²) in [6.45, 7) is 0.275. The molecule has 0 saturated carbocycles. The fourth-order valence-corrected chi connectivity index (χ4v) is 5.94. The number of fused-ring (bicyclic) bond motifs is 1. The van der Waals surface area contributed by atoms with Gasteiger partial charge in [0, 0.05) is 0 Å². The highest BCUT2D eigenvalue weighted by Crippen LogP contribution is 2.66. The Morgan fingerprint density at radius 2 is 1.74 bits per heavy atom. The van der Waals surface area contributed by atoms with Crippen LogP contribution in [0.4, 0.5) is 4.39 Å². The Bertz CT molecular complexity index is 1250. The Labute approximate surface area is 188 Å². The predicted octanol–water partition coefficient (Wildman–Crippen LogP) is -0.778. The van der Waals surface area contributed by atoms with Gasteiger partial charge in [-0.05, 0) is 13.0 Å². The van der Waals surface area contributed by atoms with Crippen LogP contribution in [0, 0.1) is 12.9 Å². The molecule has 3 unspecified atom stereocenters. The third-order valence-electron chi connectivity index (χ3n) is 4.32. The molecule has 3 aliphatic heterocycles. The molecule has 0 amide bonds. The second-order valence-corrected chi connectivity index (χ2v) is 11.3. The van der Waals surface area contributed by atoms with Crippen LogP contribution >= 0.6 is 23.5 Å². The number of nitrogens with zero attached hydrogens (tertiary/aromatic N) is 2. The van der Waals surface area contributed by atoms with Crippen molar-refractivity contribution in [1.29, 1.82) is 0 Å². The Morgan fingerprint density at radius 1 is 1.09 bits per heavy atom. The molecule has 0 aromatic carbocycles. The van der Waals surface area contributed by atoms with Gasteiger partial charge in [0.2, 0.25) is 5.95 Å². The highest BCUT2D eigenvalue weighted by atomic mass is 31.3. The first-order chi connectivity index (χ1) is 15.5. The average molecular weight is 551 g/mol. The maximum absolute atomic E-state index is 13.7. The molecule has 34 heavy (non-hydrogen) atoms. The first kappa shape index (κ1) is 27.1. The summed E-state index contributed by atoms with van der Waals surface area (Å²) in [5.41, 5.74) is -1.38. The van der Waals surface area contributed by atoms with Crippen LogP contribution in [-0.2, 0) is 31.6 Å². The van der Waals surface area contributed by atoms with Crippen LogP contribution in [0.15, 0.2) is 10.9 Å². The van der Waals surface area contributed by atoms with Crippen LogP contribution in [0.2, 0.25) is 0 Å². The molecule has 0 radical (unpaired) electrons. The van der Waals surface area contributed by atoms with E-state index in [1.807, 2.05) is 0 Å². The van der Waals surface area contributed by atoms with Gasteiger partial charge in [-0.1, -0.05) is 0 Å². The maximum atomic E-state index is 13.7. The van der Waals surface area contributed by atoms with Crippen molar-refractivity contribution in [3.63, 3.8) is 0 Å². The van der Waals surface area contributed by atoms with Gasteiger partial charge < -0.3 is 39.5 Å². The third-order valence-corrected chi connectivity index (χ3v) is 8.12. The van der Waals surface area contributed by atoms with E-state index in [0.29, 0.717) is 0 Å². The van der Waals surface area contributed by atoms with E-state index in [-0.39, 0.29) is 22.8 Å². The zero-order valence-electron chi connectivity index (χ0n) is 16.7. The number of hydrogen-bond acceptors (Lipinski definition) is 12. The molecule has 1 saturated heterocycles. The number of H-pyrrole nitrogens is 1. The highest BCUT2D eigenvalue weighted by molar-refractivity contribution is 7.66. The number of phosphoric acid groups is 3. The van der Waals surface area contributed by atoms with Gasteiger partial charge in [0.25, 0.3) is 5.56 Å². The standard InChI is InChI=1S/C13H17FN3O14P3/c1-4-11(14)16-6-2-5(13(20)17-12(6)15-4)10-9(19)8(18)7(29-10)3-28-33(24,25)31-34(26,27)30-32(21,22)23/h2,7-10,18-19H,3H2,1H3,(H,24,25)(H,26,27)(H,15,17,20)(H2,21,22,23)/t7-,8?,9+,10+/m1/s1. The van der Waals surface area contributed by atoms with Crippen LogP contribution < -0.4 is 5.56 Å².